The Morgan fingerprint density at radius 1 is 0.913 bits per heavy atom. The van der Waals surface area contributed by atoms with Crippen LogP contribution in [-0.2, 0) is 36.1 Å². The molecule has 11 heteroatoms. The van der Waals surface area contributed by atoms with Crippen molar-refractivity contribution in [3.8, 4) is 0 Å². The second-order valence-corrected chi connectivity index (χ2v) is 11.6. The highest BCUT2D eigenvalue weighted by molar-refractivity contribution is 6.38. The number of carbonyl (C=O) groups excluding carboxylic acids is 5. The van der Waals surface area contributed by atoms with Crippen LogP contribution in [0.2, 0.25) is 0 Å². The molecule has 11 nitrogen and oxygen atoms in total. The number of ketones is 1. The van der Waals surface area contributed by atoms with Gasteiger partial charge in [-0.05, 0) is 43.9 Å². The molecule has 4 atom stereocenters. The van der Waals surface area contributed by atoms with Crippen LogP contribution in [-0.4, -0.2) is 47.5 Å². The molecule has 244 valence electrons. The van der Waals surface area contributed by atoms with Crippen LogP contribution in [0.25, 0.3) is 0 Å². The molecule has 2 aromatic carbocycles. The van der Waals surface area contributed by atoms with E-state index < -0.39 is 59.0 Å². The lowest BCUT2D eigenvalue weighted by Crippen LogP contribution is -2.59. The Balaban J connectivity index is 1.71. The fourth-order valence-corrected chi connectivity index (χ4v) is 4.89. The van der Waals surface area contributed by atoms with Gasteiger partial charge in [0.15, 0.2) is 0 Å². The number of carbonyl (C=O) groups is 5. The number of allylic oxidation sites excluding steroid dienone is 4. The number of anilines is 1. The molecular formula is C35H44N6O5. The van der Waals surface area contributed by atoms with Gasteiger partial charge in [-0.2, -0.15) is 0 Å². The molecule has 1 aliphatic rings. The number of benzene rings is 2. The number of amides is 4. The molecule has 3 rings (SSSR count). The van der Waals surface area contributed by atoms with Crippen LogP contribution in [0.4, 0.5) is 5.69 Å². The van der Waals surface area contributed by atoms with E-state index >= 15 is 0 Å². The van der Waals surface area contributed by atoms with E-state index in [0.29, 0.717) is 0 Å². The highest BCUT2D eigenvalue weighted by Crippen LogP contribution is 2.33. The molecule has 4 amide bonds. The Hall–Kier alpha value is -5.03. The van der Waals surface area contributed by atoms with Crippen LogP contribution in [0, 0.1) is 5.92 Å². The predicted octanol–water partition coefficient (Wildman–Crippen LogP) is 2.93. The first-order chi connectivity index (χ1) is 21.9. The van der Waals surface area contributed by atoms with Crippen LogP contribution in [0.5, 0.6) is 0 Å². The van der Waals surface area contributed by atoms with Gasteiger partial charge in [0, 0.05) is 18.5 Å². The van der Waals surface area contributed by atoms with Crippen LogP contribution in [0.15, 0.2) is 91.1 Å². The minimum atomic E-state index is -1.17. The Labute approximate surface area is 270 Å². The van der Waals surface area contributed by atoms with Gasteiger partial charge in [-0.3, -0.25) is 24.0 Å². The molecule has 2 aromatic rings. The third kappa shape index (κ3) is 9.01. The highest BCUT2D eigenvalue weighted by atomic mass is 16.2. The first kappa shape index (κ1) is 35.4. The summed E-state index contributed by atoms with van der Waals surface area (Å²) in [5.41, 5.74) is 7.89. The number of para-hydroxylation sites is 1. The summed E-state index contributed by atoms with van der Waals surface area (Å²) in [7, 11) is 0. The van der Waals surface area contributed by atoms with Gasteiger partial charge in [-0.1, -0.05) is 93.3 Å². The van der Waals surface area contributed by atoms with Gasteiger partial charge in [0.25, 0.3) is 5.91 Å². The van der Waals surface area contributed by atoms with Gasteiger partial charge in [0.2, 0.25) is 23.5 Å². The maximum absolute atomic E-state index is 13.6. The summed E-state index contributed by atoms with van der Waals surface area (Å²) in [6.07, 6.45) is 7.05. The van der Waals surface area contributed by atoms with Crippen LogP contribution in [0.1, 0.15) is 52.2 Å². The number of hydrazine groups is 1. The maximum Gasteiger partial charge on any atom is 0.289 e. The number of hydrogen-bond acceptors (Lipinski definition) is 7. The maximum atomic E-state index is 13.6. The van der Waals surface area contributed by atoms with E-state index in [1.54, 1.807) is 39.0 Å². The van der Waals surface area contributed by atoms with Crippen molar-refractivity contribution >= 4 is 35.1 Å². The summed E-state index contributed by atoms with van der Waals surface area (Å²) in [5, 5.41) is 10.7. The molecule has 0 spiro atoms. The molecule has 0 bridgehead atoms. The lowest BCUT2D eigenvalue weighted by Gasteiger charge is -2.28. The zero-order chi connectivity index (χ0) is 33.9. The second-order valence-electron chi connectivity index (χ2n) is 11.6. The van der Waals surface area contributed by atoms with E-state index in [0.717, 1.165) is 22.4 Å². The van der Waals surface area contributed by atoms with E-state index in [1.807, 2.05) is 67.6 Å². The normalized spacial score (nSPS) is 17.7. The Morgan fingerprint density at radius 2 is 1.59 bits per heavy atom. The molecule has 46 heavy (non-hydrogen) atoms. The third-order valence-electron chi connectivity index (χ3n) is 7.76. The smallest absolute Gasteiger partial charge is 0.289 e. The molecule has 1 aliphatic heterocycles. The summed E-state index contributed by atoms with van der Waals surface area (Å²) < 4.78 is 0. The Morgan fingerprint density at radius 3 is 2.24 bits per heavy atom. The summed E-state index contributed by atoms with van der Waals surface area (Å²) in [6, 6.07) is 13.2. The fraction of sp³-hybridized carbons (Fsp3) is 0.343. The van der Waals surface area contributed by atoms with Crippen molar-refractivity contribution in [3.63, 3.8) is 0 Å². The lowest BCUT2D eigenvalue weighted by atomic mass is 9.91. The van der Waals surface area contributed by atoms with Crippen molar-refractivity contribution < 1.29 is 24.0 Å². The summed E-state index contributed by atoms with van der Waals surface area (Å²) in [5.74, 6) is -3.71. The lowest BCUT2D eigenvalue weighted by molar-refractivity contribution is -0.141. The Kier molecular flexibility index (Phi) is 12.6. The molecule has 0 aromatic heterocycles. The third-order valence-corrected chi connectivity index (χ3v) is 7.76. The first-order valence-corrected chi connectivity index (χ1v) is 15.3. The quantitative estimate of drug-likeness (QED) is 0.131. The molecule has 0 radical (unpaired) electrons. The topological polar surface area (TPSA) is 158 Å². The van der Waals surface area contributed by atoms with Gasteiger partial charge >= 0.3 is 0 Å². The standard InChI is InChI=1S/C35H44N6O5/c1-7-9-15-24(8-2)20-28(38-34(46)35(6)26-18-13-14-19-27(26)40-41-35)32(44)37-23(5)31(43)39-29(22(3)4)30(42)33(45)36-21-25-16-11-10-12-17-25/h7-19,22-23,28-29,40-41H,1,20-21H2,2-6H3,(H,36,45)(H,37,44)(H,38,46)(H,39,43)/b15-9-,24-8+/t23-,28-,29-,35?/m0/s1. The van der Waals surface area contributed by atoms with Crippen molar-refractivity contribution in [2.24, 2.45) is 5.92 Å². The van der Waals surface area contributed by atoms with Gasteiger partial charge in [0.1, 0.15) is 17.6 Å². The Bertz CT molecular complexity index is 1500. The molecule has 0 saturated heterocycles. The number of Topliss-reactive ketones (excluding diaryl/α,β-unsaturated/α-hetero) is 1. The van der Waals surface area contributed by atoms with Crippen molar-refractivity contribution in [3.05, 3.63) is 102 Å². The number of hydrogen-bond donors (Lipinski definition) is 6. The molecule has 1 heterocycles. The zero-order valence-electron chi connectivity index (χ0n) is 27.0. The van der Waals surface area contributed by atoms with E-state index in [1.165, 1.54) is 6.92 Å². The molecule has 1 unspecified atom stereocenters. The average Bonchev–Trinajstić information content (AvgIpc) is 3.41. The predicted molar refractivity (Wildman–Crippen MR) is 178 cm³/mol. The van der Waals surface area contributed by atoms with E-state index in [4.69, 9.17) is 0 Å². The van der Waals surface area contributed by atoms with Crippen LogP contribution < -0.4 is 32.1 Å². The van der Waals surface area contributed by atoms with Crippen molar-refractivity contribution in [2.45, 2.75) is 71.2 Å². The summed E-state index contributed by atoms with van der Waals surface area (Å²) in [6.45, 7) is 12.3. The SMILES string of the molecule is C=C/C=C\C(=C/C)C[C@H](NC(=O)C1(C)NNc2ccccc21)C(=O)N[C@@H](C)C(=O)N[C@H](C(=O)C(=O)NCc1ccccc1)C(C)C. The molecule has 0 saturated carbocycles. The number of fused-ring (bicyclic) bond motifs is 1. The largest absolute Gasteiger partial charge is 0.345 e. The summed E-state index contributed by atoms with van der Waals surface area (Å²) >= 11 is 0. The van der Waals surface area contributed by atoms with E-state index in [2.05, 4.69) is 38.7 Å². The van der Waals surface area contributed by atoms with Crippen molar-refractivity contribution in [1.82, 2.24) is 26.7 Å². The number of nitrogens with one attached hydrogen (secondary N) is 6. The monoisotopic (exact) mass is 628 g/mol. The highest BCUT2D eigenvalue weighted by Gasteiger charge is 2.42. The van der Waals surface area contributed by atoms with E-state index in [-0.39, 0.29) is 13.0 Å². The first-order valence-electron chi connectivity index (χ1n) is 15.3. The molecule has 0 aliphatic carbocycles. The average molecular weight is 629 g/mol. The van der Waals surface area contributed by atoms with Gasteiger partial charge < -0.3 is 26.7 Å². The van der Waals surface area contributed by atoms with Gasteiger partial charge in [-0.15, -0.1) is 0 Å². The molecular weight excluding hydrogens is 584 g/mol. The van der Waals surface area contributed by atoms with E-state index in [9.17, 15) is 24.0 Å². The molecule has 6 N–H and O–H groups in total. The van der Waals surface area contributed by atoms with Gasteiger partial charge in [0.05, 0.1) is 11.7 Å². The minimum absolute atomic E-state index is 0.132. The minimum Gasteiger partial charge on any atom is -0.345 e. The van der Waals surface area contributed by atoms with Crippen LogP contribution in [0.3, 0.4) is 0 Å². The van der Waals surface area contributed by atoms with Gasteiger partial charge in [-0.25, -0.2) is 5.43 Å². The summed E-state index contributed by atoms with van der Waals surface area (Å²) in [4.78, 5) is 66.1. The fourth-order valence-electron chi connectivity index (χ4n) is 4.89. The van der Waals surface area contributed by atoms with Crippen molar-refractivity contribution in [1.29, 1.82) is 0 Å². The van der Waals surface area contributed by atoms with Crippen LogP contribution >= 0.6 is 0 Å². The zero-order valence-corrected chi connectivity index (χ0v) is 27.0. The number of rotatable bonds is 15. The second kappa shape index (κ2) is 16.3. The molecule has 0 fully saturated rings. The van der Waals surface area contributed by atoms with Crippen molar-refractivity contribution in [2.75, 3.05) is 5.43 Å².